The molecule has 2 rings (SSSR count). The number of hydrogen-bond acceptors (Lipinski definition) is 3. The summed E-state index contributed by atoms with van der Waals surface area (Å²) in [7, 11) is 5.62. The van der Waals surface area contributed by atoms with E-state index in [-0.39, 0.29) is 6.04 Å². The van der Waals surface area contributed by atoms with Crippen LogP contribution in [0.1, 0.15) is 22.7 Å². The Bertz CT molecular complexity index is 548. The first kappa shape index (κ1) is 13.6. The number of benzene rings is 1. The third-order valence-corrected chi connectivity index (χ3v) is 3.34. The minimum Gasteiger partial charge on any atom is -0.496 e. The Labute approximate surface area is 114 Å². The van der Waals surface area contributed by atoms with Crippen LogP contribution in [0.15, 0.2) is 30.6 Å². The van der Waals surface area contributed by atoms with Gasteiger partial charge in [0.05, 0.1) is 13.3 Å². The molecule has 0 saturated heterocycles. The summed E-state index contributed by atoms with van der Waals surface area (Å²) >= 11 is 0. The summed E-state index contributed by atoms with van der Waals surface area (Å²) in [6.45, 7) is 2.10. The van der Waals surface area contributed by atoms with E-state index in [1.54, 1.807) is 7.11 Å². The van der Waals surface area contributed by atoms with Gasteiger partial charge in [-0.25, -0.2) is 0 Å². The van der Waals surface area contributed by atoms with Gasteiger partial charge in [-0.05, 0) is 32.0 Å². The zero-order valence-corrected chi connectivity index (χ0v) is 12.0. The molecule has 1 heterocycles. The highest BCUT2D eigenvalue weighted by atomic mass is 16.5. The second-order valence-electron chi connectivity index (χ2n) is 4.81. The smallest absolute Gasteiger partial charge is 0.122 e. The van der Waals surface area contributed by atoms with Crippen LogP contribution in [-0.2, 0) is 13.5 Å². The molecule has 1 aromatic heterocycles. The van der Waals surface area contributed by atoms with E-state index in [1.165, 1.54) is 16.7 Å². The summed E-state index contributed by atoms with van der Waals surface area (Å²) in [5.41, 5.74) is 3.65. The van der Waals surface area contributed by atoms with Crippen LogP contribution in [0.5, 0.6) is 5.75 Å². The maximum atomic E-state index is 5.44. The third-order valence-electron chi connectivity index (χ3n) is 3.34. The maximum absolute atomic E-state index is 5.44. The fraction of sp³-hybridized carbons (Fsp3) is 0.400. The van der Waals surface area contributed by atoms with Crippen LogP contribution in [0.25, 0.3) is 0 Å². The lowest BCUT2D eigenvalue weighted by Gasteiger charge is -2.17. The first-order valence-electron chi connectivity index (χ1n) is 6.43. The molecule has 4 heteroatoms. The van der Waals surface area contributed by atoms with Crippen molar-refractivity contribution in [1.29, 1.82) is 0 Å². The predicted octanol–water partition coefficient (Wildman–Crippen LogP) is 2.24. The quantitative estimate of drug-likeness (QED) is 0.895. The van der Waals surface area contributed by atoms with Crippen molar-refractivity contribution in [2.75, 3.05) is 14.2 Å². The van der Waals surface area contributed by atoms with Gasteiger partial charge in [-0.1, -0.05) is 17.7 Å². The topological polar surface area (TPSA) is 39.1 Å². The molecule has 4 nitrogen and oxygen atoms in total. The molecular formula is C15H21N3O. The van der Waals surface area contributed by atoms with Gasteiger partial charge in [0.1, 0.15) is 5.75 Å². The van der Waals surface area contributed by atoms with Gasteiger partial charge in [-0.2, -0.15) is 5.10 Å². The van der Waals surface area contributed by atoms with Crippen LogP contribution in [0.4, 0.5) is 0 Å². The number of hydrogen-bond donors (Lipinski definition) is 1. The summed E-state index contributed by atoms with van der Waals surface area (Å²) in [6, 6.07) is 6.52. The molecule has 0 aliphatic carbocycles. The van der Waals surface area contributed by atoms with Gasteiger partial charge in [0.15, 0.2) is 0 Å². The van der Waals surface area contributed by atoms with Crippen molar-refractivity contribution in [3.63, 3.8) is 0 Å². The SMILES string of the molecule is CNC(Cc1cc(C)ccc1OC)c1cnn(C)c1. The van der Waals surface area contributed by atoms with Crippen LogP contribution in [0.2, 0.25) is 0 Å². The maximum Gasteiger partial charge on any atom is 0.122 e. The molecule has 0 aliphatic rings. The van der Waals surface area contributed by atoms with E-state index in [2.05, 4.69) is 29.5 Å². The Balaban J connectivity index is 2.25. The standard InChI is InChI=1S/C15H21N3O/c1-11-5-6-15(19-4)12(7-11)8-14(16-2)13-9-17-18(3)10-13/h5-7,9-10,14,16H,8H2,1-4H3. The molecule has 0 fully saturated rings. The second kappa shape index (κ2) is 5.89. The predicted molar refractivity (Wildman–Crippen MR) is 76.4 cm³/mol. The van der Waals surface area contributed by atoms with Gasteiger partial charge in [-0.15, -0.1) is 0 Å². The van der Waals surface area contributed by atoms with E-state index in [4.69, 9.17) is 4.74 Å². The highest BCUT2D eigenvalue weighted by Gasteiger charge is 2.14. The molecule has 0 radical (unpaired) electrons. The van der Waals surface area contributed by atoms with Gasteiger partial charge in [-0.3, -0.25) is 4.68 Å². The van der Waals surface area contributed by atoms with Gasteiger partial charge < -0.3 is 10.1 Å². The fourth-order valence-corrected chi connectivity index (χ4v) is 2.29. The van der Waals surface area contributed by atoms with Crippen LogP contribution < -0.4 is 10.1 Å². The summed E-state index contributed by atoms with van der Waals surface area (Å²) in [4.78, 5) is 0. The number of likely N-dealkylation sites (N-methyl/N-ethyl adjacent to an activating group) is 1. The average molecular weight is 259 g/mol. The minimum atomic E-state index is 0.240. The van der Waals surface area contributed by atoms with Crippen LogP contribution in [0.3, 0.4) is 0 Å². The van der Waals surface area contributed by atoms with Gasteiger partial charge in [0.25, 0.3) is 0 Å². The van der Waals surface area contributed by atoms with Crippen molar-refractivity contribution in [1.82, 2.24) is 15.1 Å². The molecule has 0 saturated carbocycles. The number of rotatable bonds is 5. The average Bonchev–Trinajstić information content (AvgIpc) is 2.82. The molecule has 102 valence electrons. The van der Waals surface area contributed by atoms with E-state index in [0.29, 0.717) is 0 Å². The van der Waals surface area contributed by atoms with E-state index in [0.717, 1.165) is 12.2 Å². The number of methoxy groups -OCH3 is 1. The highest BCUT2D eigenvalue weighted by Crippen LogP contribution is 2.25. The van der Waals surface area contributed by atoms with Crippen molar-refractivity contribution in [2.24, 2.45) is 7.05 Å². The first-order chi connectivity index (χ1) is 9.13. The Morgan fingerprint density at radius 2 is 2.21 bits per heavy atom. The van der Waals surface area contributed by atoms with E-state index >= 15 is 0 Å². The second-order valence-corrected chi connectivity index (χ2v) is 4.81. The van der Waals surface area contributed by atoms with Crippen LogP contribution in [-0.4, -0.2) is 23.9 Å². The molecule has 0 bridgehead atoms. The Morgan fingerprint density at radius 3 is 2.79 bits per heavy atom. The zero-order chi connectivity index (χ0) is 13.8. The molecule has 0 spiro atoms. The molecule has 19 heavy (non-hydrogen) atoms. The largest absolute Gasteiger partial charge is 0.496 e. The molecule has 1 unspecified atom stereocenters. The summed E-state index contributed by atoms with van der Waals surface area (Å²) < 4.78 is 7.26. The summed E-state index contributed by atoms with van der Waals surface area (Å²) in [5, 5.41) is 7.57. The summed E-state index contributed by atoms with van der Waals surface area (Å²) in [6.07, 6.45) is 4.83. The van der Waals surface area contributed by atoms with Crippen molar-refractivity contribution in [3.8, 4) is 5.75 Å². The van der Waals surface area contributed by atoms with Crippen LogP contribution >= 0.6 is 0 Å². The fourth-order valence-electron chi connectivity index (χ4n) is 2.29. The Hall–Kier alpha value is -1.81. The monoisotopic (exact) mass is 259 g/mol. The van der Waals surface area contributed by atoms with Crippen LogP contribution in [0, 0.1) is 6.92 Å². The number of aryl methyl sites for hydroxylation is 2. The van der Waals surface area contributed by atoms with E-state index in [9.17, 15) is 0 Å². The lowest BCUT2D eigenvalue weighted by molar-refractivity contribution is 0.406. The van der Waals surface area contributed by atoms with Gasteiger partial charge >= 0.3 is 0 Å². The lowest BCUT2D eigenvalue weighted by atomic mass is 9.99. The van der Waals surface area contributed by atoms with Gasteiger partial charge in [0, 0.05) is 24.8 Å². The Kier molecular flexibility index (Phi) is 4.22. The zero-order valence-electron chi connectivity index (χ0n) is 12.0. The number of nitrogens with one attached hydrogen (secondary N) is 1. The normalized spacial score (nSPS) is 12.4. The third kappa shape index (κ3) is 3.15. The van der Waals surface area contributed by atoms with Crippen molar-refractivity contribution in [3.05, 3.63) is 47.3 Å². The summed E-state index contributed by atoms with van der Waals surface area (Å²) in [5.74, 6) is 0.940. The molecular weight excluding hydrogens is 238 g/mol. The van der Waals surface area contributed by atoms with Crippen molar-refractivity contribution in [2.45, 2.75) is 19.4 Å². The Morgan fingerprint density at radius 1 is 1.42 bits per heavy atom. The molecule has 0 aliphatic heterocycles. The van der Waals surface area contributed by atoms with Crippen molar-refractivity contribution >= 4 is 0 Å². The van der Waals surface area contributed by atoms with E-state index < -0.39 is 0 Å². The highest BCUT2D eigenvalue weighted by molar-refractivity contribution is 5.38. The molecule has 0 amide bonds. The lowest BCUT2D eigenvalue weighted by Crippen LogP contribution is -2.18. The number of nitrogens with zero attached hydrogens (tertiary/aromatic N) is 2. The molecule has 1 aromatic carbocycles. The number of ether oxygens (including phenoxy) is 1. The van der Waals surface area contributed by atoms with E-state index in [1.807, 2.05) is 37.2 Å². The molecule has 1 atom stereocenters. The minimum absolute atomic E-state index is 0.240. The van der Waals surface area contributed by atoms with Gasteiger partial charge in [0.2, 0.25) is 0 Å². The molecule has 2 aromatic rings. The first-order valence-corrected chi connectivity index (χ1v) is 6.43. The molecule has 1 N–H and O–H groups in total. The van der Waals surface area contributed by atoms with Crippen molar-refractivity contribution < 1.29 is 4.74 Å². The number of aromatic nitrogens is 2.